The standard InChI is InChI=1S/C25H32N4O5/c1-3-4-17-29-22(30)12-11-20(24(29)19-9-5-6-10-21(19)33-2)25(32)34-18-23(31)28(15-7-13-26)16-8-14-27/h5-6,9-10,20,24H,3-4,7-8,11-12,15-18H2,1-2H3. The number of hydrogen-bond donors (Lipinski definition) is 0. The minimum Gasteiger partial charge on any atom is -0.496 e. The smallest absolute Gasteiger partial charge is 0.311 e. The summed E-state index contributed by atoms with van der Waals surface area (Å²) in [6.07, 6.45) is 2.47. The van der Waals surface area contributed by atoms with E-state index in [1.54, 1.807) is 18.1 Å². The quantitative estimate of drug-likeness (QED) is 0.432. The van der Waals surface area contributed by atoms with Crippen molar-refractivity contribution in [1.82, 2.24) is 9.80 Å². The first-order chi connectivity index (χ1) is 16.5. The number of likely N-dealkylation sites (tertiary alicyclic amines) is 1. The molecule has 1 aromatic carbocycles. The Morgan fingerprint density at radius 3 is 2.47 bits per heavy atom. The van der Waals surface area contributed by atoms with Gasteiger partial charge in [-0.2, -0.15) is 10.5 Å². The zero-order chi connectivity index (χ0) is 24.9. The Kier molecular flexibility index (Phi) is 10.9. The fourth-order valence-electron chi connectivity index (χ4n) is 4.15. The van der Waals surface area contributed by atoms with Gasteiger partial charge in [0, 0.05) is 31.6 Å². The summed E-state index contributed by atoms with van der Waals surface area (Å²) in [6, 6.07) is 10.7. The van der Waals surface area contributed by atoms with Crippen LogP contribution in [0.2, 0.25) is 0 Å². The van der Waals surface area contributed by atoms with Gasteiger partial charge in [-0.05, 0) is 18.9 Å². The Morgan fingerprint density at radius 2 is 1.85 bits per heavy atom. The first kappa shape index (κ1) is 26.7. The van der Waals surface area contributed by atoms with Crippen molar-refractivity contribution >= 4 is 17.8 Å². The molecule has 34 heavy (non-hydrogen) atoms. The molecule has 9 heteroatoms. The van der Waals surface area contributed by atoms with Crippen LogP contribution in [0, 0.1) is 28.6 Å². The van der Waals surface area contributed by atoms with E-state index in [1.165, 1.54) is 4.90 Å². The molecule has 0 N–H and O–H groups in total. The molecule has 2 atom stereocenters. The largest absolute Gasteiger partial charge is 0.496 e. The molecule has 2 rings (SSSR count). The molecule has 0 spiro atoms. The Labute approximate surface area is 200 Å². The van der Waals surface area contributed by atoms with Gasteiger partial charge >= 0.3 is 5.97 Å². The van der Waals surface area contributed by atoms with E-state index in [0.29, 0.717) is 18.7 Å². The predicted octanol–water partition coefficient (Wildman–Crippen LogP) is 2.97. The molecule has 1 saturated heterocycles. The third-order valence-corrected chi connectivity index (χ3v) is 5.90. The molecule has 9 nitrogen and oxygen atoms in total. The van der Waals surface area contributed by atoms with Gasteiger partial charge in [-0.25, -0.2) is 0 Å². The fourth-order valence-corrected chi connectivity index (χ4v) is 4.15. The number of carbonyl (C=O) groups is 3. The molecule has 1 aliphatic rings. The van der Waals surface area contributed by atoms with E-state index in [4.69, 9.17) is 20.0 Å². The third kappa shape index (κ3) is 6.95. The van der Waals surface area contributed by atoms with Crippen LogP contribution < -0.4 is 4.74 Å². The monoisotopic (exact) mass is 468 g/mol. The van der Waals surface area contributed by atoms with Crippen molar-refractivity contribution in [3.05, 3.63) is 29.8 Å². The van der Waals surface area contributed by atoms with Gasteiger partial charge in [0.1, 0.15) is 5.75 Å². The molecule has 1 heterocycles. The summed E-state index contributed by atoms with van der Waals surface area (Å²) in [5.41, 5.74) is 0.729. The number of esters is 1. The molecule has 0 aromatic heterocycles. The SMILES string of the molecule is CCCCN1C(=O)CCC(C(=O)OCC(=O)N(CCC#N)CCC#N)C1c1ccccc1OC. The average molecular weight is 469 g/mol. The topological polar surface area (TPSA) is 124 Å². The van der Waals surface area contributed by atoms with Gasteiger partial charge in [0.05, 0.1) is 44.0 Å². The average Bonchev–Trinajstić information content (AvgIpc) is 2.86. The van der Waals surface area contributed by atoms with Gasteiger partial charge in [-0.1, -0.05) is 31.5 Å². The Hall–Kier alpha value is -3.59. The molecule has 0 bridgehead atoms. The summed E-state index contributed by atoms with van der Waals surface area (Å²) < 4.78 is 10.9. The van der Waals surface area contributed by atoms with E-state index in [1.807, 2.05) is 37.3 Å². The van der Waals surface area contributed by atoms with Crippen molar-refractivity contribution in [2.75, 3.05) is 33.4 Å². The molecular weight excluding hydrogens is 436 g/mol. The summed E-state index contributed by atoms with van der Waals surface area (Å²) in [4.78, 5) is 41.7. The zero-order valence-corrected chi connectivity index (χ0v) is 19.9. The van der Waals surface area contributed by atoms with Crippen LogP contribution in [0.15, 0.2) is 24.3 Å². The first-order valence-electron chi connectivity index (χ1n) is 11.6. The molecule has 0 saturated carbocycles. The van der Waals surface area contributed by atoms with Crippen molar-refractivity contribution in [3.8, 4) is 17.9 Å². The van der Waals surface area contributed by atoms with Crippen LogP contribution in [0.25, 0.3) is 0 Å². The number of carbonyl (C=O) groups excluding carboxylic acids is 3. The van der Waals surface area contributed by atoms with Gasteiger partial charge in [-0.3, -0.25) is 14.4 Å². The number of nitriles is 2. The number of benzene rings is 1. The molecule has 0 radical (unpaired) electrons. The first-order valence-corrected chi connectivity index (χ1v) is 11.6. The molecule has 2 unspecified atom stereocenters. The number of unbranched alkanes of at least 4 members (excludes halogenated alkanes) is 1. The maximum Gasteiger partial charge on any atom is 0.311 e. The highest BCUT2D eigenvalue weighted by Gasteiger charge is 2.42. The molecule has 1 fully saturated rings. The molecule has 1 aromatic rings. The van der Waals surface area contributed by atoms with E-state index >= 15 is 0 Å². The number of nitrogens with zero attached hydrogens (tertiary/aromatic N) is 4. The molecular formula is C25H32N4O5. The third-order valence-electron chi connectivity index (χ3n) is 5.90. The van der Waals surface area contributed by atoms with Crippen LogP contribution in [0.3, 0.4) is 0 Å². The maximum atomic E-state index is 13.2. The van der Waals surface area contributed by atoms with Gasteiger partial charge < -0.3 is 19.3 Å². The van der Waals surface area contributed by atoms with Crippen molar-refractivity contribution in [3.63, 3.8) is 0 Å². The van der Waals surface area contributed by atoms with Crippen LogP contribution in [0.5, 0.6) is 5.75 Å². The van der Waals surface area contributed by atoms with E-state index in [2.05, 4.69) is 0 Å². The van der Waals surface area contributed by atoms with Crippen molar-refractivity contribution in [2.45, 2.75) is 51.5 Å². The lowest BCUT2D eigenvalue weighted by molar-refractivity contribution is -0.161. The van der Waals surface area contributed by atoms with Gasteiger partial charge in [0.2, 0.25) is 5.91 Å². The number of amides is 2. The fraction of sp³-hybridized carbons (Fsp3) is 0.560. The number of methoxy groups -OCH3 is 1. The number of piperidine rings is 1. The van der Waals surface area contributed by atoms with E-state index in [9.17, 15) is 14.4 Å². The summed E-state index contributed by atoms with van der Waals surface area (Å²) in [5, 5.41) is 17.6. The minimum atomic E-state index is -0.648. The summed E-state index contributed by atoms with van der Waals surface area (Å²) in [7, 11) is 1.54. The normalized spacial score (nSPS) is 17.4. The summed E-state index contributed by atoms with van der Waals surface area (Å²) in [6.45, 7) is 2.40. The number of hydrogen-bond acceptors (Lipinski definition) is 7. The van der Waals surface area contributed by atoms with Crippen LogP contribution in [-0.2, 0) is 19.1 Å². The second-order valence-electron chi connectivity index (χ2n) is 8.08. The van der Waals surface area contributed by atoms with Crippen molar-refractivity contribution < 1.29 is 23.9 Å². The second-order valence-corrected chi connectivity index (χ2v) is 8.08. The zero-order valence-electron chi connectivity index (χ0n) is 19.9. The van der Waals surface area contributed by atoms with E-state index in [-0.39, 0.29) is 38.3 Å². The minimum absolute atomic E-state index is 0.0244. The van der Waals surface area contributed by atoms with Gasteiger partial charge in [0.15, 0.2) is 6.61 Å². The van der Waals surface area contributed by atoms with E-state index in [0.717, 1.165) is 18.4 Å². The molecule has 0 aliphatic carbocycles. The molecule has 1 aliphatic heterocycles. The van der Waals surface area contributed by atoms with Crippen LogP contribution >= 0.6 is 0 Å². The molecule has 2 amide bonds. The maximum absolute atomic E-state index is 13.2. The highest BCUT2D eigenvalue weighted by molar-refractivity contribution is 5.85. The lowest BCUT2D eigenvalue weighted by atomic mass is 9.83. The van der Waals surface area contributed by atoms with Gasteiger partial charge in [0.25, 0.3) is 5.91 Å². The summed E-state index contributed by atoms with van der Waals surface area (Å²) in [5.74, 6) is -1.10. The second kappa shape index (κ2) is 13.8. The Balaban J connectivity index is 2.23. The number of ether oxygens (including phenoxy) is 2. The van der Waals surface area contributed by atoms with Crippen LogP contribution in [0.4, 0.5) is 0 Å². The predicted molar refractivity (Wildman–Crippen MR) is 123 cm³/mol. The van der Waals surface area contributed by atoms with Crippen LogP contribution in [-0.4, -0.2) is 60.9 Å². The Bertz CT molecular complexity index is 918. The van der Waals surface area contributed by atoms with E-state index < -0.39 is 30.4 Å². The number of para-hydroxylation sites is 1. The highest BCUT2D eigenvalue weighted by Crippen LogP contribution is 2.41. The highest BCUT2D eigenvalue weighted by atomic mass is 16.5. The number of rotatable bonds is 12. The Morgan fingerprint density at radius 1 is 1.18 bits per heavy atom. The lowest BCUT2D eigenvalue weighted by Gasteiger charge is -2.41. The van der Waals surface area contributed by atoms with Crippen molar-refractivity contribution in [1.29, 1.82) is 10.5 Å². The van der Waals surface area contributed by atoms with Gasteiger partial charge in [-0.15, -0.1) is 0 Å². The molecule has 182 valence electrons. The lowest BCUT2D eigenvalue weighted by Crippen LogP contribution is -2.46. The van der Waals surface area contributed by atoms with Crippen molar-refractivity contribution in [2.24, 2.45) is 5.92 Å². The summed E-state index contributed by atoms with van der Waals surface area (Å²) >= 11 is 0. The van der Waals surface area contributed by atoms with Crippen LogP contribution in [0.1, 0.15) is 57.1 Å².